The van der Waals surface area contributed by atoms with Crippen LogP contribution in [0.2, 0.25) is 0 Å². The number of halogens is 2. The molecule has 1 fully saturated rings. The van der Waals surface area contributed by atoms with Gasteiger partial charge in [0.25, 0.3) is 5.91 Å². The van der Waals surface area contributed by atoms with Gasteiger partial charge in [0.15, 0.2) is 0 Å². The Hall–Kier alpha value is -0.140. The highest BCUT2D eigenvalue weighted by atomic mass is 127. The highest BCUT2D eigenvalue weighted by Crippen LogP contribution is 2.22. The van der Waals surface area contributed by atoms with Crippen LogP contribution in [0.5, 0.6) is 0 Å². The molecule has 0 saturated heterocycles. The van der Waals surface area contributed by atoms with E-state index in [-0.39, 0.29) is 5.91 Å². The minimum absolute atomic E-state index is 0.0262. The molecule has 0 spiro atoms. The third kappa shape index (κ3) is 4.16. The lowest BCUT2D eigenvalue weighted by Gasteiger charge is -2.28. The van der Waals surface area contributed by atoms with Gasteiger partial charge in [0.1, 0.15) is 0 Å². The zero-order valence-electron chi connectivity index (χ0n) is 10.9. The van der Waals surface area contributed by atoms with E-state index in [1.54, 1.807) is 0 Å². The molecular weight excluding hydrogens is 419 g/mol. The summed E-state index contributed by atoms with van der Waals surface area (Å²) in [5, 5.41) is 6.45. The van der Waals surface area contributed by atoms with Crippen molar-refractivity contribution in [2.24, 2.45) is 0 Å². The molecule has 1 aliphatic carbocycles. The lowest BCUT2D eigenvalue weighted by atomic mass is 9.91. The number of carbonyl (C=O) groups is 1. The first kappa shape index (κ1) is 15.3. The molecule has 1 amide bonds. The fourth-order valence-electron chi connectivity index (χ4n) is 2.46. The molecule has 2 N–H and O–H groups in total. The van der Waals surface area contributed by atoms with Crippen LogP contribution in [-0.2, 0) is 0 Å². The Bertz CT molecular complexity index is 459. The minimum atomic E-state index is 0.0262. The van der Waals surface area contributed by atoms with Crippen molar-refractivity contribution in [2.75, 3.05) is 7.05 Å². The van der Waals surface area contributed by atoms with E-state index < -0.39 is 0 Å². The number of amides is 1. The van der Waals surface area contributed by atoms with Crippen molar-refractivity contribution in [2.45, 2.75) is 37.8 Å². The van der Waals surface area contributed by atoms with Crippen LogP contribution in [0.1, 0.15) is 36.0 Å². The maximum atomic E-state index is 12.3. The van der Waals surface area contributed by atoms with Gasteiger partial charge < -0.3 is 10.6 Å². The Morgan fingerprint density at radius 3 is 2.53 bits per heavy atom. The van der Waals surface area contributed by atoms with E-state index in [1.807, 2.05) is 25.2 Å². The van der Waals surface area contributed by atoms with Crippen molar-refractivity contribution in [3.63, 3.8) is 0 Å². The summed E-state index contributed by atoms with van der Waals surface area (Å²) in [6.07, 6.45) is 4.38. The standard InChI is InChI=1S/C14H18BrIN2O/c1-17-10-3-5-11(6-4-10)18-14(19)12-8-9(16)2-7-13(12)15/h2,7-8,10-11,17H,3-6H2,1H3,(H,18,19). The summed E-state index contributed by atoms with van der Waals surface area (Å²) in [7, 11) is 2.01. The third-order valence-corrected chi connectivity index (χ3v) is 5.01. The Morgan fingerprint density at radius 2 is 1.89 bits per heavy atom. The molecule has 0 atom stereocenters. The van der Waals surface area contributed by atoms with Crippen molar-refractivity contribution in [3.05, 3.63) is 31.8 Å². The Morgan fingerprint density at radius 1 is 1.26 bits per heavy atom. The van der Waals surface area contributed by atoms with Gasteiger partial charge in [-0.25, -0.2) is 0 Å². The largest absolute Gasteiger partial charge is 0.349 e. The second-order valence-corrected chi connectivity index (χ2v) is 7.03. The monoisotopic (exact) mass is 436 g/mol. The predicted octanol–water partition coefficient (Wildman–Crippen LogP) is 3.31. The number of hydrogen-bond donors (Lipinski definition) is 2. The molecule has 1 saturated carbocycles. The molecule has 5 heteroatoms. The van der Waals surface area contributed by atoms with Gasteiger partial charge in [0.2, 0.25) is 0 Å². The van der Waals surface area contributed by atoms with E-state index in [2.05, 4.69) is 49.2 Å². The molecule has 1 aliphatic rings. The molecule has 1 aromatic rings. The van der Waals surface area contributed by atoms with Crippen LogP contribution in [0, 0.1) is 3.57 Å². The molecular formula is C14H18BrIN2O. The van der Waals surface area contributed by atoms with Gasteiger partial charge in [-0.2, -0.15) is 0 Å². The Kier molecular flexibility index (Phi) is 5.65. The lowest BCUT2D eigenvalue weighted by Crippen LogP contribution is -2.41. The van der Waals surface area contributed by atoms with E-state index in [0.29, 0.717) is 12.1 Å². The van der Waals surface area contributed by atoms with E-state index in [1.165, 1.54) is 0 Å². The molecule has 3 nitrogen and oxygen atoms in total. The summed E-state index contributed by atoms with van der Waals surface area (Å²) < 4.78 is 1.93. The lowest BCUT2D eigenvalue weighted by molar-refractivity contribution is 0.0924. The molecule has 0 unspecified atom stereocenters. The van der Waals surface area contributed by atoms with Gasteiger partial charge in [0, 0.05) is 20.1 Å². The third-order valence-electron chi connectivity index (χ3n) is 3.64. The van der Waals surface area contributed by atoms with Crippen LogP contribution in [-0.4, -0.2) is 25.0 Å². The van der Waals surface area contributed by atoms with Crippen molar-refractivity contribution in [1.82, 2.24) is 10.6 Å². The van der Waals surface area contributed by atoms with E-state index in [0.717, 1.165) is 39.3 Å². The highest BCUT2D eigenvalue weighted by molar-refractivity contribution is 14.1. The molecule has 0 aromatic heterocycles. The van der Waals surface area contributed by atoms with Gasteiger partial charge >= 0.3 is 0 Å². The molecule has 1 aromatic carbocycles. The van der Waals surface area contributed by atoms with Crippen molar-refractivity contribution in [3.8, 4) is 0 Å². The maximum Gasteiger partial charge on any atom is 0.252 e. The molecule has 104 valence electrons. The van der Waals surface area contributed by atoms with Crippen LogP contribution in [0.3, 0.4) is 0 Å². The van der Waals surface area contributed by atoms with Crippen LogP contribution >= 0.6 is 38.5 Å². The predicted molar refractivity (Wildman–Crippen MR) is 89.4 cm³/mol. The van der Waals surface area contributed by atoms with Gasteiger partial charge in [-0.05, 0) is 89.5 Å². The molecule has 0 aliphatic heterocycles. The summed E-state index contributed by atoms with van der Waals surface area (Å²) >= 11 is 5.67. The fourth-order valence-corrected chi connectivity index (χ4v) is 3.38. The average Bonchev–Trinajstić information content (AvgIpc) is 2.42. The van der Waals surface area contributed by atoms with Crippen molar-refractivity contribution in [1.29, 1.82) is 0 Å². The Labute approximate surface area is 136 Å². The number of rotatable bonds is 3. The van der Waals surface area contributed by atoms with Crippen LogP contribution < -0.4 is 10.6 Å². The zero-order valence-corrected chi connectivity index (χ0v) is 14.6. The van der Waals surface area contributed by atoms with Gasteiger partial charge in [0.05, 0.1) is 5.56 Å². The second kappa shape index (κ2) is 7.04. The first-order chi connectivity index (χ1) is 9.10. The number of benzene rings is 1. The van der Waals surface area contributed by atoms with E-state index >= 15 is 0 Å². The number of carbonyl (C=O) groups excluding carboxylic acids is 1. The van der Waals surface area contributed by atoms with Crippen LogP contribution in [0.4, 0.5) is 0 Å². The van der Waals surface area contributed by atoms with Crippen molar-refractivity contribution >= 4 is 44.4 Å². The number of hydrogen-bond acceptors (Lipinski definition) is 2. The average molecular weight is 437 g/mol. The molecule has 19 heavy (non-hydrogen) atoms. The SMILES string of the molecule is CNC1CCC(NC(=O)c2cc(I)ccc2Br)CC1. The second-order valence-electron chi connectivity index (χ2n) is 4.93. The number of nitrogens with one attached hydrogen (secondary N) is 2. The first-order valence-corrected chi connectivity index (χ1v) is 8.40. The first-order valence-electron chi connectivity index (χ1n) is 6.53. The summed E-state index contributed by atoms with van der Waals surface area (Å²) in [5.74, 6) is 0.0262. The molecule has 0 bridgehead atoms. The van der Waals surface area contributed by atoms with E-state index in [9.17, 15) is 4.79 Å². The summed E-state index contributed by atoms with van der Waals surface area (Å²) in [6, 6.07) is 6.74. The van der Waals surface area contributed by atoms with Crippen LogP contribution in [0.25, 0.3) is 0 Å². The van der Waals surface area contributed by atoms with E-state index in [4.69, 9.17) is 0 Å². The molecule has 2 rings (SSSR count). The van der Waals surface area contributed by atoms with Gasteiger partial charge in [-0.1, -0.05) is 0 Å². The van der Waals surface area contributed by atoms with Crippen molar-refractivity contribution < 1.29 is 4.79 Å². The molecule has 0 radical (unpaired) electrons. The Balaban J connectivity index is 1.96. The summed E-state index contributed by atoms with van der Waals surface area (Å²) in [6.45, 7) is 0. The fraction of sp³-hybridized carbons (Fsp3) is 0.500. The smallest absolute Gasteiger partial charge is 0.252 e. The van der Waals surface area contributed by atoms with Gasteiger partial charge in [-0.3, -0.25) is 4.79 Å². The highest BCUT2D eigenvalue weighted by Gasteiger charge is 2.22. The maximum absolute atomic E-state index is 12.3. The van der Waals surface area contributed by atoms with Gasteiger partial charge in [-0.15, -0.1) is 0 Å². The van der Waals surface area contributed by atoms with Crippen LogP contribution in [0.15, 0.2) is 22.7 Å². The summed E-state index contributed by atoms with van der Waals surface area (Å²) in [4.78, 5) is 12.3. The quantitative estimate of drug-likeness (QED) is 0.713. The molecule has 0 heterocycles. The minimum Gasteiger partial charge on any atom is -0.349 e. The topological polar surface area (TPSA) is 41.1 Å². The summed E-state index contributed by atoms with van der Waals surface area (Å²) in [5.41, 5.74) is 0.725. The zero-order chi connectivity index (χ0) is 13.8. The normalized spacial score (nSPS) is 23.1.